The molecular weight excluding hydrogens is 376 g/mol. The van der Waals surface area contributed by atoms with Crippen molar-refractivity contribution in [1.82, 2.24) is 4.98 Å². The van der Waals surface area contributed by atoms with E-state index in [4.69, 9.17) is 4.98 Å². The number of aromatic nitrogens is 1. The maximum Gasteiger partial charge on any atom is 0.269 e. The fraction of sp³-hybridized carbons (Fsp3) is 0.200. The van der Waals surface area contributed by atoms with Crippen molar-refractivity contribution in [3.63, 3.8) is 0 Å². The Morgan fingerprint density at radius 1 is 0.933 bits per heavy atom. The number of nitrogens with zero attached hydrogens (tertiary/aromatic N) is 2. The first-order valence-electron chi connectivity index (χ1n) is 9.96. The third-order valence-corrected chi connectivity index (χ3v) is 5.88. The highest BCUT2D eigenvalue weighted by Crippen LogP contribution is 2.43. The van der Waals surface area contributed by atoms with Crippen LogP contribution in [0.2, 0.25) is 0 Å². The number of rotatable bonds is 2. The molecule has 0 bridgehead atoms. The van der Waals surface area contributed by atoms with Crippen LogP contribution in [0.4, 0.5) is 5.69 Å². The minimum atomic E-state index is -0.410. The molecule has 3 aromatic carbocycles. The van der Waals surface area contributed by atoms with Gasteiger partial charge in [0, 0.05) is 35.1 Å². The molecule has 0 atom stereocenters. The van der Waals surface area contributed by atoms with E-state index in [0.29, 0.717) is 12.0 Å². The quantitative estimate of drug-likeness (QED) is 0.232. The normalized spacial score (nSPS) is 15.3. The number of nitro groups is 1. The van der Waals surface area contributed by atoms with E-state index >= 15 is 0 Å². The van der Waals surface area contributed by atoms with Gasteiger partial charge in [-0.3, -0.25) is 19.9 Å². The highest BCUT2D eigenvalue weighted by atomic mass is 16.6. The summed E-state index contributed by atoms with van der Waals surface area (Å²) in [5.41, 5.74) is 3.83. The van der Waals surface area contributed by atoms with Crippen molar-refractivity contribution >= 4 is 33.1 Å². The number of non-ortho nitro benzene ring substituents is 1. The van der Waals surface area contributed by atoms with E-state index in [9.17, 15) is 14.9 Å². The summed E-state index contributed by atoms with van der Waals surface area (Å²) in [4.78, 5) is 28.9. The minimum absolute atomic E-state index is 0.0308. The van der Waals surface area contributed by atoms with Crippen LogP contribution in [0.1, 0.15) is 36.3 Å². The van der Waals surface area contributed by atoms with Gasteiger partial charge >= 0.3 is 0 Å². The van der Waals surface area contributed by atoms with Gasteiger partial charge < -0.3 is 0 Å². The van der Waals surface area contributed by atoms with Crippen molar-refractivity contribution in [2.75, 3.05) is 0 Å². The second-order valence-electron chi connectivity index (χ2n) is 8.73. The molecule has 0 saturated carbocycles. The molecule has 1 aromatic heterocycles. The third-order valence-electron chi connectivity index (χ3n) is 5.88. The van der Waals surface area contributed by atoms with Crippen LogP contribution in [0.15, 0.2) is 60.7 Å². The Bertz CT molecular complexity index is 1350. The van der Waals surface area contributed by atoms with E-state index in [1.807, 2.05) is 36.4 Å². The molecule has 0 saturated heterocycles. The molecule has 0 spiro atoms. The first kappa shape index (κ1) is 18.4. The molecule has 0 unspecified atom stereocenters. The van der Waals surface area contributed by atoms with Gasteiger partial charge in [0.25, 0.3) is 5.69 Å². The molecule has 30 heavy (non-hydrogen) atoms. The average Bonchev–Trinajstić information content (AvgIpc) is 2.71. The van der Waals surface area contributed by atoms with Gasteiger partial charge in [-0.15, -0.1) is 0 Å². The zero-order valence-corrected chi connectivity index (χ0v) is 16.8. The minimum Gasteiger partial charge on any atom is -0.294 e. The molecule has 0 N–H and O–H groups in total. The molecule has 148 valence electrons. The fourth-order valence-corrected chi connectivity index (χ4v) is 4.59. The van der Waals surface area contributed by atoms with E-state index in [1.165, 1.54) is 12.1 Å². The van der Waals surface area contributed by atoms with Gasteiger partial charge in [0.05, 0.1) is 16.1 Å². The molecule has 1 aliphatic rings. The lowest BCUT2D eigenvalue weighted by Gasteiger charge is -2.31. The van der Waals surface area contributed by atoms with Crippen LogP contribution >= 0.6 is 0 Å². The molecule has 5 rings (SSSR count). The van der Waals surface area contributed by atoms with E-state index in [0.717, 1.165) is 44.9 Å². The van der Waals surface area contributed by atoms with Crippen LogP contribution < -0.4 is 0 Å². The van der Waals surface area contributed by atoms with E-state index < -0.39 is 4.92 Å². The smallest absolute Gasteiger partial charge is 0.269 e. The van der Waals surface area contributed by atoms with Crippen LogP contribution in [0.3, 0.4) is 0 Å². The van der Waals surface area contributed by atoms with Crippen molar-refractivity contribution in [1.29, 1.82) is 0 Å². The zero-order valence-electron chi connectivity index (χ0n) is 16.8. The SMILES string of the molecule is CC1(C)CC(=O)c2c(nc3ccc4ccccc4c3c2-c2ccc([N+](=O)[O-])cc2)C1. The Balaban J connectivity index is 1.92. The van der Waals surface area contributed by atoms with Gasteiger partial charge in [-0.2, -0.15) is 0 Å². The number of nitro benzene ring substituents is 1. The van der Waals surface area contributed by atoms with Crippen LogP contribution in [-0.4, -0.2) is 15.7 Å². The Labute approximate surface area is 173 Å². The van der Waals surface area contributed by atoms with Gasteiger partial charge in [-0.1, -0.05) is 44.2 Å². The molecule has 0 aliphatic heterocycles. The van der Waals surface area contributed by atoms with E-state index in [-0.39, 0.29) is 16.9 Å². The average molecular weight is 396 g/mol. The monoisotopic (exact) mass is 396 g/mol. The van der Waals surface area contributed by atoms with Gasteiger partial charge in [0.1, 0.15) is 0 Å². The van der Waals surface area contributed by atoms with Crippen LogP contribution in [0.5, 0.6) is 0 Å². The summed E-state index contributed by atoms with van der Waals surface area (Å²) in [7, 11) is 0. The number of ketones is 1. The van der Waals surface area contributed by atoms with E-state index in [2.05, 4.69) is 13.8 Å². The topological polar surface area (TPSA) is 73.1 Å². The van der Waals surface area contributed by atoms with Crippen molar-refractivity contribution in [3.05, 3.63) is 82.0 Å². The second-order valence-corrected chi connectivity index (χ2v) is 8.73. The summed E-state index contributed by atoms with van der Waals surface area (Å²) in [5.74, 6) is 0.0805. The number of hydrogen-bond acceptors (Lipinski definition) is 4. The van der Waals surface area contributed by atoms with Crippen LogP contribution in [0.25, 0.3) is 32.8 Å². The van der Waals surface area contributed by atoms with Gasteiger partial charge in [-0.05, 0) is 46.4 Å². The summed E-state index contributed by atoms with van der Waals surface area (Å²) in [6.45, 7) is 4.18. The summed E-state index contributed by atoms with van der Waals surface area (Å²) < 4.78 is 0. The highest BCUT2D eigenvalue weighted by molar-refractivity contribution is 6.19. The molecule has 1 heterocycles. The standard InChI is InChI=1S/C25H20N2O3/c1-25(2)13-20-24(21(28)14-25)22(16-7-10-17(11-8-16)27(29)30)23-18-6-4-3-5-15(18)9-12-19(23)26-20/h3-12H,13-14H2,1-2H3. The maximum absolute atomic E-state index is 13.3. The maximum atomic E-state index is 13.3. The lowest BCUT2D eigenvalue weighted by Crippen LogP contribution is -2.28. The van der Waals surface area contributed by atoms with Crippen molar-refractivity contribution in [3.8, 4) is 11.1 Å². The molecule has 5 heteroatoms. The first-order chi connectivity index (χ1) is 14.3. The summed E-state index contributed by atoms with van der Waals surface area (Å²) in [5, 5.41) is 14.2. The summed E-state index contributed by atoms with van der Waals surface area (Å²) in [6, 6.07) is 18.6. The Morgan fingerprint density at radius 2 is 1.67 bits per heavy atom. The molecular formula is C25H20N2O3. The molecule has 4 aromatic rings. The fourth-order valence-electron chi connectivity index (χ4n) is 4.59. The molecule has 0 fully saturated rings. The van der Waals surface area contributed by atoms with Crippen LogP contribution in [0, 0.1) is 15.5 Å². The lowest BCUT2D eigenvalue weighted by molar-refractivity contribution is -0.384. The largest absolute Gasteiger partial charge is 0.294 e. The predicted molar refractivity (Wildman–Crippen MR) is 118 cm³/mol. The molecule has 0 radical (unpaired) electrons. The Morgan fingerprint density at radius 3 is 2.40 bits per heavy atom. The van der Waals surface area contributed by atoms with E-state index in [1.54, 1.807) is 12.1 Å². The van der Waals surface area contributed by atoms with Crippen molar-refractivity contribution in [2.24, 2.45) is 5.41 Å². The second kappa shape index (κ2) is 6.46. The van der Waals surface area contributed by atoms with Gasteiger partial charge in [-0.25, -0.2) is 0 Å². The highest BCUT2D eigenvalue weighted by Gasteiger charge is 2.35. The van der Waals surface area contributed by atoms with Crippen molar-refractivity contribution < 1.29 is 9.72 Å². The number of benzene rings is 3. The van der Waals surface area contributed by atoms with Gasteiger partial charge in [0.15, 0.2) is 5.78 Å². The number of pyridine rings is 1. The van der Waals surface area contributed by atoms with Crippen LogP contribution in [-0.2, 0) is 6.42 Å². The molecule has 5 nitrogen and oxygen atoms in total. The third kappa shape index (κ3) is 2.86. The first-order valence-corrected chi connectivity index (χ1v) is 9.96. The molecule has 1 aliphatic carbocycles. The van der Waals surface area contributed by atoms with Crippen molar-refractivity contribution in [2.45, 2.75) is 26.7 Å². The summed E-state index contributed by atoms with van der Waals surface area (Å²) in [6.07, 6.45) is 1.18. The number of Topliss-reactive ketones (excluding diaryl/α,β-unsaturated/α-hetero) is 1. The summed E-state index contributed by atoms with van der Waals surface area (Å²) >= 11 is 0. The molecule has 0 amide bonds. The van der Waals surface area contributed by atoms with Gasteiger partial charge in [0.2, 0.25) is 0 Å². The number of carbonyl (C=O) groups excluding carboxylic acids is 1. The lowest BCUT2D eigenvalue weighted by atomic mass is 9.73. The Hall–Kier alpha value is -3.60. The Kier molecular flexibility index (Phi) is 3.97. The number of hydrogen-bond donors (Lipinski definition) is 0. The number of carbonyl (C=O) groups is 1. The zero-order chi connectivity index (χ0) is 21.0. The number of fused-ring (bicyclic) bond motifs is 4. The predicted octanol–water partition coefficient (Wildman–Crippen LogP) is 6.12.